The lowest BCUT2D eigenvalue weighted by atomic mass is 9.97. The molecule has 0 bridgehead atoms. The summed E-state index contributed by atoms with van der Waals surface area (Å²) in [5.74, 6) is 0.651. The maximum Gasteiger partial charge on any atom is 0.243 e. The fourth-order valence-electron chi connectivity index (χ4n) is 2.86. The van der Waals surface area contributed by atoms with Crippen LogP contribution in [0.2, 0.25) is 0 Å². The van der Waals surface area contributed by atoms with Gasteiger partial charge in [0.05, 0.1) is 6.54 Å². The molecule has 1 saturated carbocycles. The van der Waals surface area contributed by atoms with E-state index in [0.717, 1.165) is 38.1 Å². The van der Waals surface area contributed by atoms with Crippen molar-refractivity contribution in [2.75, 3.05) is 0 Å². The highest BCUT2D eigenvalue weighted by Crippen LogP contribution is 2.27. The lowest BCUT2D eigenvalue weighted by molar-refractivity contribution is -0.129. The summed E-state index contributed by atoms with van der Waals surface area (Å²) in [7, 11) is 0. The van der Waals surface area contributed by atoms with Gasteiger partial charge >= 0.3 is 0 Å². The number of nitrogens with one attached hydrogen (secondary N) is 2. The van der Waals surface area contributed by atoms with Crippen molar-refractivity contribution in [3.8, 4) is 0 Å². The Kier molecular flexibility index (Phi) is 5.30. The fourth-order valence-corrected chi connectivity index (χ4v) is 2.86. The van der Waals surface area contributed by atoms with Crippen LogP contribution in [0.5, 0.6) is 0 Å². The van der Waals surface area contributed by atoms with Gasteiger partial charge in [-0.1, -0.05) is 12.8 Å². The summed E-state index contributed by atoms with van der Waals surface area (Å²) in [6.45, 7) is 4.53. The Balaban J connectivity index is 1.96. The summed E-state index contributed by atoms with van der Waals surface area (Å²) in [5.41, 5.74) is 0. The van der Waals surface area contributed by atoms with Gasteiger partial charge in [-0.3, -0.25) is 9.59 Å². The molecule has 7 heteroatoms. The Morgan fingerprint density at radius 3 is 2.76 bits per heavy atom. The van der Waals surface area contributed by atoms with Gasteiger partial charge in [-0.15, -0.1) is 10.2 Å². The van der Waals surface area contributed by atoms with Crippen LogP contribution in [0.1, 0.15) is 45.4 Å². The lowest BCUT2D eigenvalue weighted by Gasteiger charge is -2.23. The normalized spacial score (nSPS) is 16.7. The van der Waals surface area contributed by atoms with Crippen molar-refractivity contribution in [1.29, 1.82) is 0 Å². The molecular formula is C14H23N5O2. The van der Waals surface area contributed by atoms with Gasteiger partial charge in [-0.2, -0.15) is 0 Å². The zero-order valence-electron chi connectivity index (χ0n) is 12.6. The third kappa shape index (κ3) is 4.03. The Morgan fingerprint density at radius 1 is 1.43 bits per heavy atom. The number of hydrogen-bond acceptors (Lipinski definition) is 4. The Hall–Kier alpha value is -1.92. The molecule has 2 rings (SSSR count). The van der Waals surface area contributed by atoms with E-state index in [1.165, 1.54) is 6.92 Å². The minimum atomic E-state index is -0.442. The summed E-state index contributed by atoms with van der Waals surface area (Å²) in [6, 6.07) is -0.442. The van der Waals surface area contributed by atoms with Crippen molar-refractivity contribution >= 4 is 11.8 Å². The molecule has 0 unspecified atom stereocenters. The van der Waals surface area contributed by atoms with Gasteiger partial charge in [-0.25, -0.2) is 0 Å². The minimum absolute atomic E-state index is 0.136. The van der Waals surface area contributed by atoms with E-state index < -0.39 is 6.04 Å². The van der Waals surface area contributed by atoms with Gasteiger partial charge < -0.3 is 15.2 Å². The number of aromatic nitrogens is 3. The first-order chi connectivity index (χ1) is 10.1. The zero-order valence-corrected chi connectivity index (χ0v) is 12.6. The summed E-state index contributed by atoms with van der Waals surface area (Å²) in [4.78, 5) is 23.7. The van der Waals surface area contributed by atoms with E-state index in [2.05, 4.69) is 20.8 Å². The van der Waals surface area contributed by atoms with Gasteiger partial charge in [0.15, 0.2) is 5.82 Å². The van der Waals surface area contributed by atoms with Crippen LogP contribution in [0.4, 0.5) is 0 Å². The second kappa shape index (κ2) is 7.19. The lowest BCUT2D eigenvalue weighted by Crippen LogP contribution is -2.49. The topological polar surface area (TPSA) is 88.9 Å². The number of rotatable bonds is 6. The van der Waals surface area contributed by atoms with Gasteiger partial charge in [0.2, 0.25) is 11.8 Å². The Morgan fingerprint density at radius 2 is 2.14 bits per heavy atom. The minimum Gasteiger partial charge on any atom is -0.347 e. The van der Waals surface area contributed by atoms with E-state index in [9.17, 15) is 9.59 Å². The number of nitrogens with zero attached hydrogens (tertiary/aromatic N) is 3. The monoisotopic (exact) mass is 293 g/mol. The molecule has 1 heterocycles. The van der Waals surface area contributed by atoms with Crippen LogP contribution >= 0.6 is 0 Å². The van der Waals surface area contributed by atoms with Crippen LogP contribution in [0.25, 0.3) is 0 Å². The molecule has 7 nitrogen and oxygen atoms in total. The predicted octanol–water partition coefficient (Wildman–Crippen LogP) is 0.609. The van der Waals surface area contributed by atoms with Gasteiger partial charge in [0, 0.05) is 13.5 Å². The third-order valence-electron chi connectivity index (χ3n) is 3.97. The quantitative estimate of drug-likeness (QED) is 0.804. The molecule has 0 aromatic carbocycles. The second-order valence-corrected chi connectivity index (χ2v) is 5.47. The van der Waals surface area contributed by atoms with Crippen molar-refractivity contribution in [2.24, 2.45) is 5.92 Å². The van der Waals surface area contributed by atoms with Crippen molar-refractivity contribution in [1.82, 2.24) is 25.4 Å². The standard InChI is InChI=1S/C14H23N5O2/c1-3-19-9-16-18-12(19)8-15-14(21)13(17-10(2)20)11-6-4-5-7-11/h9,11,13H,3-8H2,1-2H3,(H,15,21)(H,17,20)/t13-/m1/s1. The first-order valence-electron chi connectivity index (χ1n) is 7.53. The average molecular weight is 293 g/mol. The molecule has 2 amide bonds. The fraction of sp³-hybridized carbons (Fsp3) is 0.714. The highest BCUT2D eigenvalue weighted by molar-refractivity contribution is 5.87. The first kappa shape index (κ1) is 15.5. The van der Waals surface area contributed by atoms with Gasteiger partial charge in [0.25, 0.3) is 0 Å². The SMILES string of the molecule is CCn1cnnc1CNC(=O)[C@H](NC(C)=O)C1CCCC1. The number of hydrogen-bond donors (Lipinski definition) is 2. The van der Waals surface area contributed by atoms with E-state index in [1.54, 1.807) is 6.33 Å². The van der Waals surface area contributed by atoms with E-state index in [0.29, 0.717) is 6.54 Å². The molecule has 1 aliphatic carbocycles. The Labute approximate surface area is 124 Å². The number of carbonyl (C=O) groups is 2. The summed E-state index contributed by atoms with van der Waals surface area (Å²) in [6.07, 6.45) is 5.87. The molecule has 1 aromatic rings. The molecule has 0 aliphatic heterocycles. The van der Waals surface area contributed by atoms with E-state index in [4.69, 9.17) is 0 Å². The summed E-state index contributed by atoms with van der Waals surface area (Å²) in [5, 5.41) is 13.5. The molecule has 1 atom stereocenters. The van der Waals surface area contributed by atoms with Crippen LogP contribution in [0, 0.1) is 5.92 Å². The number of amides is 2. The first-order valence-corrected chi connectivity index (χ1v) is 7.53. The number of aryl methyl sites for hydroxylation is 1. The van der Waals surface area contributed by atoms with Crippen molar-refractivity contribution in [3.63, 3.8) is 0 Å². The summed E-state index contributed by atoms with van der Waals surface area (Å²) >= 11 is 0. The molecular weight excluding hydrogens is 270 g/mol. The molecule has 1 aromatic heterocycles. The molecule has 21 heavy (non-hydrogen) atoms. The largest absolute Gasteiger partial charge is 0.347 e. The zero-order chi connectivity index (χ0) is 15.2. The molecule has 1 fully saturated rings. The van der Waals surface area contributed by atoms with Crippen molar-refractivity contribution in [3.05, 3.63) is 12.2 Å². The van der Waals surface area contributed by atoms with Crippen LogP contribution in [-0.2, 0) is 22.7 Å². The molecule has 116 valence electrons. The van der Waals surface area contributed by atoms with E-state index in [1.807, 2.05) is 11.5 Å². The Bertz CT molecular complexity index is 493. The van der Waals surface area contributed by atoms with E-state index in [-0.39, 0.29) is 17.7 Å². The maximum absolute atomic E-state index is 12.4. The van der Waals surface area contributed by atoms with Crippen LogP contribution in [0.3, 0.4) is 0 Å². The predicted molar refractivity (Wildman–Crippen MR) is 77.1 cm³/mol. The van der Waals surface area contributed by atoms with Crippen LogP contribution < -0.4 is 10.6 Å². The molecule has 0 spiro atoms. The van der Waals surface area contributed by atoms with Crippen LogP contribution in [0.15, 0.2) is 6.33 Å². The van der Waals surface area contributed by atoms with E-state index >= 15 is 0 Å². The number of carbonyl (C=O) groups excluding carboxylic acids is 2. The average Bonchev–Trinajstić information content (AvgIpc) is 3.12. The van der Waals surface area contributed by atoms with Crippen molar-refractivity contribution in [2.45, 2.75) is 58.7 Å². The molecule has 2 N–H and O–H groups in total. The highest BCUT2D eigenvalue weighted by Gasteiger charge is 2.31. The van der Waals surface area contributed by atoms with Crippen molar-refractivity contribution < 1.29 is 9.59 Å². The maximum atomic E-state index is 12.4. The van der Waals surface area contributed by atoms with Crippen LogP contribution in [-0.4, -0.2) is 32.6 Å². The smallest absolute Gasteiger partial charge is 0.243 e. The third-order valence-corrected chi connectivity index (χ3v) is 3.97. The molecule has 0 radical (unpaired) electrons. The second-order valence-electron chi connectivity index (χ2n) is 5.47. The highest BCUT2D eigenvalue weighted by atomic mass is 16.2. The van der Waals surface area contributed by atoms with Gasteiger partial charge in [0.1, 0.15) is 12.4 Å². The summed E-state index contributed by atoms with van der Waals surface area (Å²) < 4.78 is 1.88. The molecule has 1 aliphatic rings. The molecule has 0 saturated heterocycles. The van der Waals surface area contributed by atoms with Gasteiger partial charge in [-0.05, 0) is 25.7 Å².